The smallest absolute Gasteiger partial charge is 0.0827 e. The van der Waals surface area contributed by atoms with Crippen LogP contribution in [0.5, 0.6) is 0 Å². The van der Waals surface area contributed by atoms with Gasteiger partial charge in [-0.2, -0.15) is 0 Å². The van der Waals surface area contributed by atoms with Crippen LogP contribution in [-0.4, -0.2) is 19.7 Å². The SMILES string of the molecule is CCCNCCCCCOC1CCCc2ccccc21. The van der Waals surface area contributed by atoms with Crippen LogP contribution in [0.3, 0.4) is 0 Å². The zero-order valence-corrected chi connectivity index (χ0v) is 12.9. The zero-order valence-electron chi connectivity index (χ0n) is 12.9. The molecule has 2 heteroatoms. The summed E-state index contributed by atoms with van der Waals surface area (Å²) in [6.07, 6.45) is 8.97. The zero-order chi connectivity index (χ0) is 14.0. The van der Waals surface area contributed by atoms with Crippen molar-refractivity contribution in [1.82, 2.24) is 5.32 Å². The van der Waals surface area contributed by atoms with E-state index < -0.39 is 0 Å². The number of rotatable bonds is 9. The largest absolute Gasteiger partial charge is 0.374 e. The Morgan fingerprint density at radius 2 is 2.05 bits per heavy atom. The van der Waals surface area contributed by atoms with Crippen molar-refractivity contribution in [3.05, 3.63) is 35.4 Å². The summed E-state index contributed by atoms with van der Waals surface area (Å²) in [6.45, 7) is 5.42. The molecule has 0 saturated heterocycles. The summed E-state index contributed by atoms with van der Waals surface area (Å²) in [6, 6.07) is 8.78. The van der Waals surface area contributed by atoms with Crippen LogP contribution in [0.1, 0.15) is 62.7 Å². The predicted molar refractivity (Wildman–Crippen MR) is 85.1 cm³/mol. The monoisotopic (exact) mass is 275 g/mol. The Hall–Kier alpha value is -0.860. The number of aryl methyl sites for hydroxylation is 1. The third-order valence-electron chi connectivity index (χ3n) is 4.06. The number of nitrogens with one attached hydrogen (secondary N) is 1. The van der Waals surface area contributed by atoms with Gasteiger partial charge >= 0.3 is 0 Å². The van der Waals surface area contributed by atoms with Gasteiger partial charge in [-0.15, -0.1) is 0 Å². The Kier molecular flexibility index (Phi) is 7.10. The second-order valence-electron chi connectivity index (χ2n) is 5.76. The van der Waals surface area contributed by atoms with Crippen molar-refractivity contribution in [3.8, 4) is 0 Å². The van der Waals surface area contributed by atoms with Crippen LogP contribution in [0.25, 0.3) is 0 Å². The van der Waals surface area contributed by atoms with Crippen molar-refractivity contribution >= 4 is 0 Å². The van der Waals surface area contributed by atoms with Gasteiger partial charge in [-0.3, -0.25) is 0 Å². The minimum Gasteiger partial charge on any atom is -0.374 e. The second-order valence-corrected chi connectivity index (χ2v) is 5.76. The molecule has 0 spiro atoms. The molecule has 1 atom stereocenters. The molecule has 2 nitrogen and oxygen atoms in total. The predicted octanol–water partition coefficient (Wildman–Crippen LogP) is 4.25. The van der Waals surface area contributed by atoms with Crippen LogP contribution < -0.4 is 5.32 Å². The highest BCUT2D eigenvalue weighted by Crippen LogP contribution is 2.32. The third kappa shape index (κ3) is 4.92. The maximum atomic E-state index is 6.12. The lowest BCUT2D eigenvalue weighted by Crippen LogP contribution is -2.16. The number of hydrogen-bond acceptors (Lipinski definition) is 2. The highest BCUT2D eigenvalue weighted by Gasteiger charge is 2.19. The van der Waals surface area contributed by atoms with E-state index in [9.17, 15) is 0 Å². The van der Waals surface area contributed by atoms with Gasteiger partial charge in [0, 0.05) is 6.61 Å². The first-order valence-electron chi connectivity index (χ1n) is 8.32. The molecule has 1 unspecified atom stereocenters. The van der Waals surface area contributed by atoms with E-state index in [1.54, 1.807) is 0 Å². The molecule has 0 radical (unpaired) electrons. The normalized spacial score (nSPS) is 17.9. The molecular weight excluding hydrogens is 246 g/mol. The number of ether oxygens (including phenoxy) is 1. The lowest BCUT2D eigenvalue weighted by Gasteiger charge is -2.25. The quantitative estimate of drug-likeness (QED) is 0.680. The lowest BCUT2D eigenvalue weighted by molar-refractivity contribution is 0.0383. The van der Waals surface area contributed by atoms with Crippen LogP contribution in [0.15, 0.2) is 24.3 Å². The van der Waals surface area contributed by atoms with Crippen molar-refractivity contribution in [3.63, 3.8) is 0 Å². The molecular formula is C18H29NO. The number of hydrogen-bond donors (Lipinski definition) is 1. The van der Waals surface area contributed by atoms with Gasteiger partial charge in [-0.25, -0.2) is 0 Å². The van der Waals surface area contributed by atoms with E-state index in [0.717, 1.165) is 19.7 Å². The Balaban J connectivity index is 1.61. The fraction of sp³-hybridized carbons (Fsp3) is 0.667. The average molecular weight is 275 g/mol. The Morgan fingerprint density at radius 1 is 1.15 bits per heavy atom. The lowest BCUT2D eigenvalue weighted by atomic mass is 9.89. The van der Waals surface area contributed by atoms with Gasteiger partial charge in [0.1, 0.15) is 0 Å². The highest BCUT2D eigenvalue weighted by molar-refractivity contribution is 5.31. The van der Waals surface area contributed by atoms with Gasteiger partial charge in [0.05, 0.1) is 6.10 Å². The molecule has 1 aromatic rings. The van der Waals surface area contributed by atoms with Gasteiger partial charge in [0.2, 0.25) is 0 Å². The Labute approximate surface area is 123 Å². The number of unbranched alkanes of at least 4 members (excludes halogenated alkanes) is 2. The highest BCUT2D eigenvalue weighted by atomic mass is 16.5. The van der Waals surface area contributed by atoms with Crippen LogP contribution in [0, 0.1) is 0 Å². The van der Waals surface area contributed by atoms with E-state index in [4.69, 9.17) is 4.74 Å². The van der Waals surface area contributed by atoms with Gasteiger partial charge < -0.3 is 10.1 Å². The molecule has 1 aliphatic rings. The van der Waals surface area contributed by atoms with E-state index in [1.807, 2.05) is 0 Å². The molecule has 0 aliphatic heterocycles. The molecule has 1 aliphatic carbocycles. The summed E-state index contributed by atoms with van der Waals surface area (Å²) in [4.78, 5) is 0. The van der Waals surface area contributed by atoms with Crippen LogP contribution in [0.4, 0.5) is 0 Å². The third-order valence-corrected chi connectivity index (χ3v) is 4.06. The van der Waals surface area contributed by atoms with E-state index in [0.29, 0.717) is 6.10 Å². The maximum absolute atomic E-state index is 6.12. The summed E-state index contributed by atoms with van der Waals surface area (Å²) < 4.78 is 6.12. The maximum Gasteiger partial charge on any atom is 0.0827 e. The van der Waals surface area contributed by atoms with E-state index in [-0.39, 0.29) is 0 Å². The first-order valence-corrected chi connectivity index (χ1v) is 8.32. The van der Waals surface area contributed by atoms with Gasteiger partial charge in [-0.1, -0.05) is 31.2 Å². The summed E-state index contributed by atoms with van der Waals surface area (Å²) in [7, 11) is 0. The van der Waals surface area contributed by atoms with E-state index >= 15 is 0 Å². The molecule has 1 aromatic carbocycles. The van der Waals surface area contributed by atoms with Crippen LogP contribution >= 0.6 is 0 Å². The summed E-state index contributed by atoms with van der Waals surface area (Å²) in [5.74, 6) is 0. The summed E-state index contributed by atoms with van der Waals surface area (Å²) >= 11 is 0. The molecule has 112 valence electrons. The van der Waals surface area contributed by atoms with Crippen molar-refractivity contribution in [2.75, 3.05) is 19.7 Å². The molecule has 0 amide bonds. The first-order chi connectivity index (χ1) is 9.92. The van der Waals surface area contributed by atoms with Crippen molar-refractivity contribution < 1.29 is 4.74 Å². The van der Waals surface area contributed by atoms with Crippen molar-refractivity contribution in [1.29, 1.82) is 0 Å². The number of benzene rings is 1. The molecule has 20 heavy (non-hydrogen) atoms. The fourth-order valence-electron chi connectivity index (χ4n) is 2.94. The molecule has 0 heterocycles. The van der Waals surface area contributed by atoms with Crippen LogP contribution in [0.2, 0.25) is 0 Å². The van der Waals surface area contributed by atoms with Gasteiger partial charge in [0.15, 0.2) is 0 Å². The van der Waals surface area contributed by atoms with Gasteiger partial charge in [-0.05, 0) is 69.2 Å². The first kappa shape index (κ1) is 15.5. The molecule has 0 fully saturated rings. The fourth-order valence-corrected chi connectivity index (χ4v) is 2.94. The van der Waals surface area contributed by atoms with Crippen molar-refractivity contribution in [2.24, 2.45) is 0 Å². The minimum absolute atomic E-state index is 0.346. The molecule has 1 N–H and O–H groups in total. The Morgan fingerprint density at radius 3 is 2.95 bits per heavy atom. The van der Waals surface area contributed by atoms with E-state index in [1.165, 1.54) is 56.1 Å². The second kappa shape index (κ2) is 9.15. The number of fused-ring (bicyclic) bond motifs is 1. The molecule has 0 bridgehead atoms. The minimum atomic E-state index is 0.346. The average Bonchev–Trinajstić information content (AvgIpc) is 2.50. The van der Waals surface area contributed by atoms with Crippen LogP contribution in [-0.2, 0) is 11.2 Å². The molecule has 0 saturated carbocycles. The molecule has 2 rings (SSSR count). The Bertz CT molecular complexity index is 377. The van der Waals surface area contributed by atoms with E-state index in [2.05, 4.69) is 36.5 Å². The topological polar surface area (TPSA) is 21.3 Å². The standard InChI is InChI=1S/C18H29NO/c1-2-13-19-14-6-3-7-15-20-18-12-8-10-16-9-4-5-11-17(16)18/h4-5,9,11,18-19H,2-3,6-8,10,12-15H2,1H3. The van der Waals surface area contributed by atoms with Gasteiger partial charge in [0.25, 0.3) is 0 Å². The van der Waals surface area contributed by atoms with Crippen molar-refractivity contribution in [2.45, 2.75) is 58.0 Å². The summed E-state index contributed by atoms with van der Waals surface area (Å²) in [5, 5.41) is 3.45. The summed E-state index contributed by atoms with van der Waals surface area (Å²) in [5.41, 5.74) is 2.93. The molecule has 0 aromatic heterocycles.